The first-order valence-corrected chi connectivity index (χ1v) is 12.6. The Kier molecular flexibility index (Phi) is 6.47. The zero-order chi connectivity index (χ0) is 25.4. The van der Waals surface area contributed by atoms with E-state index in [9.17, 15) is 14.4 Å². The van der Waals surface area contributed by atoms with Crippen molar-refractivity contribution in [3.05, 3.63) is 91.4 Å². The summed E-state index contributed by atoms with van der Waals surface area (Å²) in [4.78, 5) is 42.6. The molecule has 9 heteroatoms. The Morgan fingerprint density at radius 2 is 1.83 bits per heavy atom. The van der Waals surface area contributed by atoms with Gasteiger partial charge in [0.25, 0.3) is 5.56 Å². The summed E-state index contributed by atoms with van der Waals surface area (Å²) in [5.74, 6) is -1.44. The van der Waals surface area contributed by atoms with Crippen LogP contribution in [0.5, 0.6) is 0 Å². The molecule has 0 aliphatic carbocycles. The van der Waals surface area contributed by atoms with Crippen molar-refractivity contribution in [1.29, 1.82) is 0 Å². The predicted molar refractivity (Wildman–Crippen MR) is 142 cm³/mol. The number of hydrogen-bond donors (Lipinski definition) is 2. The fourth-order valence-corrected chi connectivity index (χ4v) is 5.60. The number of amides is 1. The molecule has 0 fully saturated rings. The summed E-state index contributed by atoms with van der Waals surface area (Å²) >= 11 is 7.69. The first-order valence-electron chi connectivity index (χ1n) is 11.4. The Bertz CT molecular complexity index is 1570. The van der Waals surface area contributed by atoms with Gasteiger partial charge in [-0.15, -0.1) is 11.3 Å². The number of halogens is 1. The standard InChI is InChI=1S/C27H22ClN3O4S/c1-15-6-11-22(36-15)21-14-20(30-31(21)23(32)12-13-24(33)34)26-25(16-7-9-17(28)10-8-16)18-4-2-3-5-19(18)29-27(26)35/h2-11,21H,12-14H2,1H3,(H,29,35)(H,33,34). The highest BCUT2D eigenvalue weighted by atomic mass is 35.5. The Morgan fingerprint density at radius 1 is 1.08 bits per heavy atom. The lowest BCUT2D eigenvalue weighted by Gasteiger charge is -2.20. The van der Waals surface area contributed by atoms with E-state index in [1.54, 1.807) is 23.5 Å². The molecule has 1 aliphatic rings. The summed E-state index contributed by atoms with van der Waals surface area (Å²) in [6.45, 7) is 1.98. The molecule has 3 heterocycles. The Labute approximate surface area is 215 Å². The van der Waals surface area contributed by atoms with Crippen LogP contribution in [-0.4, -0.2) is 32.7 Å². The van der Waals surface area contributed by atoms with Crippen LogP contribution in [0.15, 0.2) is 70.6 Å². The second kappa shape index (κ2) is 9.72. The molecule has 1 amide bonds. The van der Waals surface area contributed by atoms with Crippen LogP contribution in [0, 0.1) is 6.92 Å². The summed E-state index contributed by atoms with van der Waals surface area (Å²) in [7, 11) is 0. The molecule has 1 atom stereocenters. The van der Waals surface area contributed by atoms with Crippen LogP contribution in [0.3, 0.4) is 0 Å². The second-order valence-corrected chi connectivity index (χ2v) is 10.4. The lowest BCUT2D eigenvalue weighted by molar-refractivity contribution is -0.141. The van der Waals surface area contributed by atoms with Crippen molar-refractivity contribution in [2.24, 2.45) is 5.10 Å². The van der Waals surface area contributed by atoms with Gasteiger partial charge < -0.3 is 10.1 Å². The van der Waals surface area contributed by atoms with Gasteiger partial charge in [0.2, 0.25) is 5.91 Å². The normalized spacial score (nSPS) is 15.3. The fraction of sp³-hybridized carbons (Fsp3) is 0.185. The number of pyridine rings is 1. The molecule has 2 N–H and O–H groups in total. The van der Waals surface area contributed by atoms with E-state index in [2.05, 4.69) is 10.1 Å². The molecule has 0 spiro atoms. The molecular formula is C27H22ClN3O4S. The molecule has 1 aliphatic heterocycles. The smallest absolute Gasteiger partial charge is 0.303 e. The number of H-pyrrole nitrogens is 1. The molecule has 0 bridgehead atoms. The number of thiophene rings is 1. The Balaban J connectivity index is 1.68. The SMILES string of the molecule is Cc1ccc(C2CC(c3c(-c4ccc(Cl)cc4)c4ccccc4[nH]c3=O)=NN2C(=O)CCC(=O)O)s1. The van der Waals surface area contributed by atoms with Gasteiger partial charge in [-0.1, -0.05) is 41.9 Å². The third kappa shape index (κ3) is 4.57. The van der Waals surface area contributed by atoms with Gasteiger partial charge in [0.05, 0.1) is 23.7 Å². The number of benzene rings is 2. The van der Waals surface area contributed by atoms with E-state index >= 15 is 0 Å². The number of aryl methyl sites for hydroxylation is 1. The van der Waals surface area contributed by atoms with Crippen LogP contribution in [0.25, 0.3) is 22.0 Å². The van der Waals surface area contributed by atoms with E-state index in [1.807, 2.05) is 55.5 Å². The number of aromatic amines is 1. The van der Waals surface area contributed by atoms with E-state index in [0.717, 1.165) is 20.7 Å². The number of nitrogens with zero attached hydrogens (tertiary/aromatic N) is 2. The maximum atomic E-state index is 13.5. The molecule has 7 nitrogen and oxygen atoms in total. The molecule has 0 saturated carbocycles. The number of aliphatic carboxylic acids is 1. The topological polar surface area (TPSA) is 103 Å². The largest absolute Gasteiger partial charge is 0.481 e. The zero-order valence-corrected chi connectivity index (χ0v) is 20.9. The molecule has 1 unspecified atom stereocenters. The monoisotopic (exact) mass is 519 g/mol. The number of hydrazone groups is 1. The second-order valence-electron chi connectivity index (χ2n) is 8.60. The van der Waals surface area contributed by atoms with E-state index in [0.29, 0.717) is 33.8 Å². The predicted octanol–water partition coefficient (Wildman–Crippen LogP) is 5.76. The summed E-state index contributed by atoms with van der Waals surface area (Å²) < 4.78 is 0. The molecule has 0 saturated heterocycles. The van der Waals surface area contributed by atoms with Crippen molar-refractivity contribution in [1.82, 2.24) is 9.99 Å². The number of carbonyl (C=O) groups excluding carboxylic acids is 1. The van der Waals surface area contributed by atoms with Crippen LogP contribution in [0.2, 0.25) is 5.02 Å². The summed E-state index contributed by atoms with van der Waals surface area (Å²) in [5.41, 5.74) is 2.77. The first-order chi connectivity index (χ1) is 17.3. The summed E-state index contributed by atoms with van der Waals surface area (Å²) in [6.07, 6.45) is -0.130. The van der Waals surface area contributed by atoms with Crippen LogP contribution in [0.4, 0.5) is 0 Å². The fourth-order valence-electron chi connectivity index (χ4n) is 4.51. The van der Waals surface area contributed by atoms with Crippen molar-refractivity contribution < 1.29 is 14.7 Å². The number of nitrogens with one attached hydrogen (secondary N) is 1. The number of para-hydroxylation sites is 1. The van der Waals surface area contributed by atoms with Gasteiger partial charge in [-0.25, -0.2) is 5.01 Å². The molecule has 2 aromatic heterocycles. The maximum Gasteiger partial charge on any atom is 0.303 e. The Morgan fingerprint density at radius 3 is 2.53 bits per heavy atom. The van der Waals surface area contributed by atoms with Crippen LogP contribution in [0.1, 0.15) is 40.6 Å². The van der Waals surface area contributed by atoms with Crippen molar-refractivity contribution >= 4 is 51.4 Å². The van der Waals surface area contributed by atoms with Gasteiger partial charge in [-0.3, -0.25) is 14.4 Å². The quantitative estimate of drug-likeness (QED) is 0.338. The minimum Gasteiger partial charge on any atom is -0.481 e. The molecule has 5 rings (SSSR count). The van der Waals surface area contributed by atoms with Gasteiger partial charge in [-0.05, 0) is 42.8 Å². The number of carbonyl (C=O) groups is 2. The van der Waals surface area contributed by atoms with Crippen LogP contribution < -0.4 is 5.56 Å². The molecule has 4 aromatic rings. The van der Waals surface area contributed by atoms with Gasteiger partial charge in [0.15, 0.2) is 0 Å². The molecular weight excluding hydrogens is 498 g/mol. The summed E-state index contributed by atoms with van der Waals surface area (Å²) in [5, 5.41) is 16.5. The number of hydrogen-bond acceptors (Lipinski definition) is 5. The van der Waals surface area contributed by atoms with Crippen molar-refractivity contribution in [3.8, 4) is 11.1 Å². The first kappa shape index (κ1) is 24.0. The van der Waals surface area contributed by atoms with E-state index < -0.39 is 17.9 Å². The zero-order valence-electron chi connectivity index (χ0n) is 19.3. The van der Waals surface area contributed by atoms with Crippen LogP contribution >= 0.6 is 22.9 Å². The lowest BCUT2D eigenvalue weighted by atomic mass is 9.92. The molecule has 36 heavy (non-hydrogen) atoms. The number of carboxylic acid groups (broad SMARTS) is 1. The number of carboxylic acids is 1. The van der Waals surface area contributed by atoms with E-state index in [1.165, 1.54) is 5.01 Å². The molecule has 2 aromatic carbocycles. The highest BCUT2D eigenvalue weighted by molar-refractivity contribution is 7.12. The number of fused-ring (bicyclic) bond motifs is 1. The van der Waals surface area contributed by atoms with E-state index in [4.69, 9.17) is 16.7 Å². The number of rotatable bonds is 6. The van der Waals surface area contributed by atoms with Crippen molar-refractivity contribution in [3.63, 3.8) is 0 Å². The van der Waals surface area contributed by atoms with Gasteiger partial charge in [0, 0.05) is 44.1 Å². The highest BCUT2D eigenvalue weighted by Gasteiger charge is 2.36. The molecule has 0 radical (unpaired) electrons. The van der Waals surface area contributed by atoms with Gasteiger partial charge in [0.1, 0.15) is 0 Å². The summed E-state index contributed by atoms with van der Waals surface area (Å²) in [6, 6.07) is 18.3. The van der Waals surface area contributed by atoms with Gasteiger partial charge >= 0.3 is 5.97 Å². The van der Waals surface area contributed by atoms with E-state index in [-0.39, 0.29) is 18.4 Å². The minimum atomic E-state index is -1.05. The highest BCUT2D eigenvalue weighted by Crippen LogP contribution is 2.39. The van der Waals surface area contributed by atoms with Crippen molar-refractivity contribution in [2.75, 3.05) is 0 Å². The average molecular weight is 520 g/mol. The maximum absolute atomic E-state index is 13.5. The number of aromatic nitrogens is 1. The average Bonchev–Trinajstić information content (AvgIpc) is 3.48. The van der Waals surface area contributed by atoms with Crippen LogP contribution in [-0.2, 0) is 9.59 Å². The third-order valence-electron chi connectivity index (χ3n) is 6.15. The van der Waals surface area contributed by atoms with Gasteiger partial charge in [-0.2, -0.15) is 5.10 Å². The third-order valence-corrected chi connectivity index (χ3v) is 7.51. The van der Waals surface area contributed by atoms with Crippen molar-refractivity contribution in [2.45, 2.75) is 32.2 Å². The lowest BCUT2D eigenvalue weighted by Crippen LogP contribution is -2.26. The Hall–Kier alpha value is -3.75. The molecule has 182 valence electrons. The minimum absolute atomic E-state index is 0.176.